The summed E-state index contributed by atoms with van der Waals surface area (Å²) in [5.41, 5.74) is 0.0888. The Morgan fingerprint density at radius 1 is 1.41 bits per heavy atom. The van der Waals surface area contributed by atoms with Gasteiger partial charge in [0.05, 0.1) is 4.88 Å². The molecule has 0 aliphatic carbocycles. The molecule has 4 heteroatoms. The fraction of sp³-hybridized carbons (Fsp3) is 0.615. The van der Waals surface area contributed by atoms with Crippen LogP contribution in [0.5, 0.6) is 0 Å². The van der Waals surface area contributed by atoms with Crippen molar-refractivity contribution in [2.45, 2.75) is 20.8 Å². The van der Waals surface area contributed by atoms with Crippen molar-refractivity contribution in [2.75, 3.05) is 27.2 Å². The molecule has 0 fully saturated rings. The number of thiophene rings is 1. The first-order chi connectivity index (χ1) is 7.80. The summed E-state index contributed by atoms with van der Waals surface area (Å²) in [6.07, 6.45) is 0. The second-order valence-electron chi connectivity index (χ2n) is 5.49. The molecule has 0 saturated heterocycles. The fourth-order valence-electron chi connectivity index (χ4n) is 1.88. The quantitative estimate of drug-likeness (QED) is 0.875. The maximum atomic E-state index is 11.9. The van der Waals surface area contributed by atoms with E-state index in [2.05, 4.69) is 24.1 Å². The molecule has 1 rings (SSSR count). The smallest absolute Gasteiger partial charge is 0.261 e. The number of carbonyl (C=O) groups is 1. The average molecular weight is 254 g/mol. The highest BCUT2D eigenvalue weighted by atomic mass is 32.1. The summed E-state index contributed by atoms with van der Waals surface area (Å²) in [5.74, 6) is 0.0370. The highest BCUT2D eigenvalue weighted by Crippen LogP contribution is 2.17. The fourth-order valence-corrected chi connectivity index (χ4v) is 2.66. The molecule has 0 atom stereocenters. The van der Waals surface area contributed by atoms with Gasteiger partial charge in [-0.25, -0.2) is 0 Å². The van der Waals surface area contributed by atoms with E-state index in [1.54, 1.807) is 0 Å². The maximum absolute atomic E-state index is 11.9. The van der Waals surface area contributed by atoms with Crippen LogP contribution in [0.15, 0.2) is 12.1 Å². The van der Waals surface area contributed by atoms with E-state index in [0.29, 0.717) is 6.54 Å². The summed E-state index contributed by atoms with van der Waals surface area (Å²) in [6, 6.07) is 3.86. The molecule has 0 aromatic carbocycles. The largest absolute Gasteiger partial charge is 0.351 e. The van der Waals surface area contributed by atoms with Crippen molar-refractivity contribution < 1.29 is 4.79 Å². The Labute approximate surface area is 108 Å². The molecule has 1 heterocycles. The van der Waals surface area contributed by atoms with Gasteiger partial charge < -0.3 is 10.2 Å². The molecule has 1 aromatic rings. The van der Waals surface area contributed by atoms with Crippen LogP contribution in [0.4, 0.5) is 0 Å². The predicted molar refractivity (Wildman–Crippen MR) is 73.7 cm³/mol. The van der Waals surface area contributed by atoms with Crippen molar-refractivity contribution in [3.8, 4) is 0 Å². The third-order valence-corrected chi connectivity index (χ3v) is 3.44. The molecule has 1 amide bonds. The van der Waals surface area contributed by atoms with Crippen LogP contribution < -0.4 is 5.32 Å². The summed E-state index contributed by atoms with van der Waals surface area (Å²) >= 11 is 1.54. The number of rotatable bonds is 5. The van der Waals surface area contributed by atoms with Crippen LogP contribution >= 0.6 is 11.3 Å². The number of carbonyl (C=O) groups excluding carboxylic acids is 1. The van der Waals surface area contributed by atoms with Crippen LogP contribution in [-0.4, -0.2) is 38.0 Å². The minimum atomic E-state index is 0.0370. The monoisotopic (exact) mass is 254 g/mol. The van der Waals surface area contributed by atoms with Gasteiger partial charge in [-0.3, -0.25) is 4.79 Å². The van der Waals surface area contributed by atoms with Crippen molar-refractivity contribution in [3.63, 3.8) is 0 Å². The van der Waals surface area contributed by atoms with E-state index in [1.165, 1.54) is 16.2 Å². The number of amides is 1. The molecule has 96 valence electrons. The van der Waals surface area contributed by atoms with Crippen molar-refractivity contribution in [2.24, 2.45) is 5.41 Å². The van der Waals surface area contributed by atoms with Gasteiger partial charge in [0.15, 0.2) is 0 Å². The molecule has 0 unspecified atom stereocenters. The minimum Gasteiger partial charge on any atom is -0.351 e. The highest BCUT2D eigenvalue weighted by Gasteiger charge is 2.20. The van der Waals surface area contributed by atoms with Gasteiger partial charge in [-0.05, 0) is 38.6 Å². The Kier molecular flexibility index (Phi) is 4.71. The summed E-state index contributed by atoms with van der Waals surface area (Å²) in [6.45, 7) is 7.98. The predicted octanol–water partition coefficient (Wildman–Crippen LogP) is 2.37. The van der Waals surface area contributed by atoms with Gasteiger partial charge in [-0.1, -0.05) is 13.8 Å². The first-order valence-electron chi connectivity index (χ1n) is 5.79. The van der Waals surface area contributed by atoms with E-state index in [1.807, 2.05) is 33.2 Å². The van der Waals surface area contributed by atoms with E-state index in [-0.39, 0.29) is 11.3 Å². The zero-order valence-corrected chi connectivity index (χ0v) is 12.1. The SMILES string of the molecule is Cc1ccc(C(=O)NCC(C)(C)CN(C)C)s1. The second-order valence-corrected chi connectivity index (χ2v) is 6.78. The number of aryl methyl sites for hydroxylation is 1. The van der Waals surface area contributed by atoms with Gasteiger partial charge in [0.2, 0.25) is 0 Å². The van der Waals surface area contributed by atoms with Crippen LogP contribution in [0.25, 0.3) is 0 Å². The van der Waals surface area contributed by atoms with Crippen LogP contribution in [0.1, 0.15) is 28.4 Å². The van der Waals surface area contributed by atoms with Crippen LogP contribution in [0.2, 0.25) is 0 Å². The van der Waals surface area contributed by atoms with E-state index < -0.39 is 0 Å². The molecule has 0 bridgehead atoms. The van der Waals surface area contributed by atoms with E-state index >= 15 is 0 Å². The molecule has 0 aliphatic heterocycles. The minimum absolute atomic E-state index is 0.0370. The third kappa shape index (κ3) is 4.88. The lowest BCUT2D eigenvalue weighted by Crippen LogP contribution is -2.39. The Morgan fingerprint density at radius 2 is 2.06 bits per heavy atom. The van der Waals surface area contributed by atoms with Gasteiger partial charge in [0.25, 0.3) is 5.91 Å². The molecule has 3 nitrogen and oxygen atoms in total. The van der Waals surface area contributed by atoms with Gasteiger partial charge in [0, 0.05) is 18.0 Å². The topological polar surface area (TPSA) is 32.3 Å². The third-order valence-electron chi connectivity index (χ3n) is 2.44. The summed E-state index contributed by atoms with van der Waals surface area (Å²) in [7, 11) is 4.10. The molecule has 17 heavy (non-hydrogen) atoms. The zero-order valence-electron chi connectivity index (χ0n) is 11.3. The number of hydrogen-bond acceptors (Lipinski definition) is 3. The maximum Gasteiger partial charge on any atom is 0.261 e. The molecule has 1 N–H and O–H groups in total. The van der Waals surface area contributed by atoms with Gasteiger partial charge in [-0.2, -0.15) is 0 Å². The van der Waals surface area contributed by atoms with Gasteiger partial charge in [-0.15, -0.1) is 11.3 Å². The van der Waals surface area contributed by atoms with Crippen LogP contribution in [0, 0.1) is 12.3 Å². The lowest BCUT2D eigenvalue weighted by Gasteiger charge is -2.28. The Hall–Kier alpha value is -0.870. The Morgan fingerprint density at radius 3 is 2.53 bits per heavy atom. The molecular weight excluding hydrogens is 232 g/mol. The number of nitrogens with zero attached hydrogens (tertiary/aromatic N) is 1. The molecule has 0 spiro atoms. The summed E-state index contributed by atoms with van der Waals surface area (Å²) < 4.78 is 0. The lowest BCUT2D eigenvalue weighted by atomic mass is 9.93. The van der Waals surface area contributed by atoms with Crippen molar-refractivity contribution in [1.82, 2.24) is 10.2 Å². The molecule has 0 radical (unpaired) electrons. The average Bonchev–Trinajstić information content (AvgIpc) is 2.59. The van der Waals surface area contributed by atoms with Crippen molar-refractivity contribution in [1.29, 1.82) is 0 Å². The van der Waals surface area contributed by atoms with Crippen molar-refractivity contribution in [3.05, 3.63) is 21.9 Å². The summed E-state index contributed by atoms with van der Waals surface area (Å²) in [4.78, 5) is 16.0. The Balaban J connectivity index is 2.48. The lowest BCUT2D eigenvalue weighted by molar-refractivity contribution is 0.0933. The molecule has 0 saturated carbocycles. The highest BCUT2D eigenvalue weighted by molar-refractivity contribution is 7.13. The molecular formula is C13H22N2OS. The van der Waals surface area contributed by atoms with E-state index in [4.69, 9.17) is 0 Å². The first-order valence-corrected chi connectivity index (χ1v) is 6.61. The normalized spacial score (nSPS) is 11.9. The summed E-state index contributed by atoms with van der Waals surface area (Å²) in [5, 5.41) is 3.00. The van der Waals surface area contributed by atoms with Crippen molar-refractivity contribution >= 4 is 17.2 Å². The first kappa shape index (κ1) is 14.2. The standard InChI is InChI=1S/C13H22N2OS/c1-10-6-7-11(17-10)12(16)14-8-13(2,3)9-15(4)5/h6-7H,8-9H2,1-5H3,(H,14,16). The second kappa shape index (κ2) is 5.65. The number of hydrogen-bond donors (Lipinski definition) is 1. The van der Waals surface area contributed by atoms with E-state index in [9.17, 15) is 4.79 Å². The van der Waals surface area contributed by atoms with Crippen LogP contribution in [0.3, 0.4) is 0 Å². The number of nitrogens with one attached hydrogen (secondary N) is 1. The van der Waals surface area contributed by atoms with Crippen LogP contribution in [-0.2, 0) is 0 Å². The van der Waals surface area contributed by atoms with Gasteiger partial charge in [0.1, 0.15) is 0 Å². The van der Waals surface area contributed by atoms with E-state index in [0.717, 1.165) is 11.4 Å². The van der Waals surface area contributed by atoms with Gasteiger partial charge >= 0.3 is 0 Å². The zero-order chi connectivity index (χ0) is 13.1. The molecule has 1 aromatic heterocycles. The molecule has 0 aliphatic rings. The Bertz CT molecular complexity index is 383.